The van der Waals surface area contributed by atoms with Crippen LogP contribution < -0.4 is 5.32 Å². The highest BCUT2D eigenvalue weighted by molar-refractivity contribution is 6.34. The molecule has 0 radical (unpaired) electrons. The fourth-order valence-electron chi connectivity index (χ4n) is 6.35. The summed E-state index contributed by atoms with van der Waals surface area (Å²) in [4.78, 5) is 55.0. The number of hydrogen-bond donors (Lipinski definition) is 1. The van der Waals surface area contributed by atoms with Crippen molar-refractivity contribution in [2.24, 2.45) is 5.41 Å². The number of hydrogen-bond acceptors (Lipinski definition) is 6. The first-order valence-electron chi connectivity index (χ1n) is 10.9. The molecule has 1 fully saturated rings. The van der Waals surface area contributed by atoms with Gasteiger partial charge in [-0.15, -0.1) is 0 Å². The number of nitrogens with one attached hydrogen (secondary N) is 1. The Morgan fingerprint density at radius 3 is 2.12 bits per heavy atom. The number of Topliss-reactive ketones (excluding diaryl/α,β-unsaturated/α-hetero) is 2. The number of fused-ring (bicyclic) bond motifs is 4. The van der Waals surface area contributed by atoms with E-state index in [0.29, 0.717) is 27.9 Å². The summed E-state index contributed by atoms with van der Waals surface area (Å²) < 4.78 is 0. The summed E-state index contributed by atoms with van der Waals surface area (Å²) in [6.45, 7) is 0.241. The number of nitro groups is 1. The van der Waals surface area contributed by atoms with Gasteiger partial charge in [0, 0.05) is 47.0 Å². The Morgan fingerprint density at radius 2 is 1.50 bits per heavy atom. The highest BCUT2D eigenvalue weighted by Gasteiger charge is 2.78. The molecular formula is C26H19N3O5. The van der Waals surface area contributed by atoms with E-state index in [4.69, 9.17) is 0 Å². The second-order valence-electron chi connectivity index (χ2n) is 9.00. The first kappa shape index (κ1) is 20.4. The van der Waals surface area contributed by atoms with Gasteiger partial charge in [0.2, 0.25) is 0 Å². The molecule has 3 aromatic rings. The Labute approximate surface area is 194 Å². The van der Waals surface area contributed by atoms with Gasteiger partial charge >= 0.3 is 0 Å². The molecule has 1 amide bonds. The maximum atomic E-state index is 14.3. The summed E-state index contributed by atoms with van der Waals surface area (Å²) in [6.07, 6.45) is 0. The Hall–Kier alpha value is -4.17. The SMILES string of the molecule is CN1C[C@@H](c2ccc([N+](=O)[O-])cc2)C2(C(=O)c3ccccc3C2=O)C12C(=O)Nc1ccccc12. The van der Waals surface area contributed by atoms with Gasteiger partial charge in [-0.1, -0.05) is 54.6 Å². The number of nitro benzene ring substituents is 1. The number of likely N-dealkylation sites (tertiary alicyclic amines) is 1. The summed E-state index contributed by atoms with van der Waals surface area (Å²) in [5, 5.41) is 14.1. The number of ketones is 2. The molecule has 1 unspecified atom stereocenters. The summed E-state index contributed by atoms with van der Waals surface area (Å²) in [5.41, 5.74) is -1.05. The molecule has 3 aromatic carbocycles. The zero-order valence-corrected chi connectivity index (χ0v) is 18.1. The molecular weight excluding hydrogens is 434 g/mol. The van der Waals surface area contributed by atoms with E-state index in [1.807, 2.05) is 0 Å². The number of non-ortho nitro benzene ring substituents is 1. The first-order chi connectivity index (χ1) is 16.3. The number of carbonyl (C=O) groups is 3. The third kappa shape index (κ3) is 2.14. The van der Waals surface area contributed by atoms with Gasteiger partial charge in [0.25, 0.3) is 11.6 Å². The summed E-state index contributed by atoms with van der Waals surface area (Å²) in [7, 11) is 1.75. The highest BCUT2D eigenvalue weighted by Crippen LogP contribution is 2.66. The molecule has 34 heavy (non-hydrogen) atoms. The van der Waals surface area contributed by atoms with Crippen molar-refractivity contribution in [1.82, 2.24) is 4.90 Å². The van der Waals surface area contributed by atoms with Gasteiger partial charge in [-0.25, -0.2) is 0 Å². The van der Waals surface area contributed by atoms with Crippen molar-refractivity contribution in [3.05, 3.63) is 105 Å². The number of carbonyl (C=O) groups excluding carboxylic acids is 3. The Kier molecular flexibility index (Phi) is 4.01. The van der Waals surface area contributed by atoms with E-state index in [9.17, 15) is 24.5 Å². The lowest BCUT2D eigenvalue weighted by Crippen LogP contribution is -2.60. The molecule has 0 saturated carbocycles. The summed E-state index contributed by atoms with van der Waals surface area (Å²) >= 11 is 0. The van der Waals surface area contributed by atoms with Crippen molar-refractivity contribution < 1.29 is 19.3 Å². The number of likely N-dealkylation sites (N-methyl/N-ethyl adjacent to an activating group) is 1. The average Bonchev–Trinajstić information content (AvgIpc) is 3.39. The van der Waals surface area contributed by atoms with Gasteiger partial charge < -0.3 is 5.32 Å². The molecule has 0 aromatic heterocycles. The number of anilines is 1. The fourth-order valence-corrected chi connectivity index (χ4v) is 6.35. The van der Waals surface area contributed by atoms with Crippen molar-refractivity contribution in [2.75, 3.05) is 18.9 Å². The molecule has 8 nitrogen and oxygen atoms in total. The van der Waals surface area contributed by atoms with Gasteiger partial charge in [-0.05, 0) is 18.7 Å². The topological polar surface area (TPSA) is 110 Å². The molecule has 1 saturated heterocycles. The molecule has 2 spiro atoms. The van der Waals surface area contributed by atoms with Crippen LogP contribution in [0, 0.1) is 15.5 Å². The van der Waals surface area contributed by atoms with E-state index in [1.54, 1.807) is 72.6 Å². The van der Waals surface area contributed by atoms with E-state index in [-0.39, 0.29) is 12.2 Å². The van der Waals surface area contributed by atoms with Crippen LogP contribution in [0.4, 0.5) is 11.4 Å². The smallest absolute Gasteiger partial charge is 0.269 e. The second kappa shape index (κ2) is 6.68. The predicted molar refractivity (Wildman–Crippen MR) is 123 cm³/mol. The zero-order chi connectivity index (χ0) is 23.8. The molecule has 2 aliphatic heterocycles. The maximum absolute atomic E-state index is 14.3. The molecule has 0 bridgehead atoms. The predicted octanol–water partition coefficient (Wildman–Crippen LogP) is 3.54. The molecule has 1 aliphatic carbocycles. The average molecular weight is 453 g/mol. The van der Waals surface area contributed by atoms with Gasteiger partial charge in [0.05, 0.1) is 4.92 Å². The molecule has 1 N–H and O–H groups in total. The number of amides is 1. The third-order valence-electron chi connectivity index (χ3n) is 7.65. The summed E-state index contributed by atoms with van der Waals surface area (Å²) in [6, 6.07) is 19.7. The molecule has 8 heteroatoms. The minimum Gasteiger partial charge on any atom is -0.324 e. The number of benzene rings is 3. The lowest BCUT2D eigenvalue weighted by molar-refractivity contribution is -0.384. The molecule has 168 valence electrons. The number of nitrogens with zero attached hydrogens (tertiary/aromatic N) is 2. The van der Waals surface area contributed by atoms with Gasteiger partial charge in [-0.2, -0.15) is 0 Å². The Bertz CT molecular complexity index is 1400. The van der Waals surface area contributed by atoms with Crippen molar-refractivity contribution in [3.8, 4) is 0 Å². The molecule has 3 aliphatic rings. The monoisotopic (exact) mass is 453 g/mol. The van der Waals surface area contributed by atoms with Crippen LogP contribution in [0.25, 0.3) is 0 Å². The lowest BCUT2D eigenvalue weighted by atomic mass is 9.58. The van der Waals surface area contributed by atoms with Crippen molar-refractivity contribution in [2.45, 2.75) is 11.5 Å². The highest BCUT2D eigenvalue weighted by atomic mass is 16.6. The minimum atomic E-state index is -1.75. The molecule has 2 atom stereocenters. The van der Waals surface area contributed by atoms with Gasteiger partial charge in [0.1, 0.15) is 11.0 Å². The quantitative estimate of drug-likeness (QED) is 0.361. The summed E-state index contributed by atoms with van der Waals surface area (Å²) in [5.74, 6) is -1.90. The number of para-hydroxylation sites is 1. The largest absolute Gasteiger partial charge is 0.324 e. The first-order valence-corrected chi connectivity index (χ1v) is 10.9. The van der Waals surface area contributed by atoms with Crippen molar-refractivity contribution >= 4 is 28.8 Å². The standard InChI is InChI=1S/C26H19N3O5/c1-28-14-20(15-10-12-16(13-11-15)29(33)34)25(22(30)17-6-2-3-7-18(17)23(25)31)26(28)19-8-4-5-9-21(19)27-24(26)32/h2-13,20H,14H2,1H3,(H,27,32)/t20-,26?/m0/s1. The van der Waals surface area contributed by atoms with Crippen LogP contribution in [-0.4, -0.2) is 40.9 Å². The van der Waals surface area contributed by atoms with E-state index >= 15 is 0 Å². The van der Waals surface area contributed by atoms with Crippen LogP contribution in [0.2, 0.25) is 0 Å². The minimum absolute atomic E-state index is 0.0878. The van der Waals surface area contributed by atoms with Crippen LogP contribution in [0.1, 0.15) is 37.8 Å². The van der Waals surface area contributed by atoms with E-state index in [0.717, 1.165) is 0 Å². The van der Waals surface area contributed by atoms with Crippen LogP contribution >= 0.6 is 0 Å². The van der Waals surface area contributed by atoms with E-state index < -0.39 is 39.3 Å². The zero-order valence-electron chi connectivity index (χ0n) is 18.1. The third-order valence-corrected chi connectivity index (χ3v) is 7.65. The van der Waals surface area contributed by atoms with Crippen LogP contribution in [-0.2, 0) is 10.3 Å². The fraction of sp³-hybridized carbons (Fsp3) is 0.192. The van der Waals surface area contributed by atoms with Gasteiger partial charge in [-0.3, -0.25) is 29.4 Å². The maximum Gasteiger partial charge on any atom is 0.269 e. The van der Waals surface area contributed by atoms with E-state index in [2.05, 4.69) is 5.32 Å². The van der Waals surface area contributed by atoms with Crippen LogP contribution in [0.15, 0.2) is 72.8 Å². The molecule has 2 heterocycles. The second-order valence-corrected chi connectivity index (χ2v) is 9.00. The van der Waals surface area contributed by atoms with Crippen molar-refractivity contribution in [1.29, 1.82) is 0 Å². The van der Waals surface area contributed by atoms with E-state index in [1.165, 1.54) is 12.1 Å². The molecule has 6 rings (SSSR count). The number of rotatable bonds is 2. The van der Waals surface area contributed by atoms with Crippen LogP contribution in [0.3, 0.4) is 0 Å². The van der Waals surface area contributed by atoms with Gasteiger partial charge in [0.15, 0.2) is 11.6 Å². The normalized spacial score (nSPS) is 24.5. The Morgan fingerprint density at radius 1 is 0.912 bits per heavy atom. The van der Waals surface area contributed by atoms with Crippen LogP contribution in [0.5, 0.6) is 0 Å². The Balaban J connectivity index is 1.68. The van der Waals surface area contributed by atoms with Crippen molar-refractivity contribution in [3.63, 3.8) is 0 Å². The lowest BCUT2D eigenvalue weighted by Gasteiger charge is -2.42.